The number of amides is 1. The van der Waals surface area contributed by atoms with Crippen molar-refractivity contribution in [1.82, 2.24) is 15.1 Å². The van der Waals surface area contributed by atoms with Crippen LogP contribution in [-0.2, 0) is 4.79 Å². The molecule has 1 amide bonds. The third kappa shape index (κ3) is 4.49. The summed E-state index contributed by atoms with van der Waals surface area (Å²) in [5, 5.41) is 12.6. The van der Waals surface area contributed by atoms with Gasteiger partial charge in [0.2, 0.25) is 5.13 Å². The van der Waals surface area contributed by atoms with Gasteiger partial charge in [-0.15, -0.1) is 21.5 Å². The average Bonchev–Trinajstić information content (AvgIpc) is 3.45. The van der Waals surface area contributed by atoms with Crippen LogP contribution in [0.15, 0.2) is 41.8 Å². The molecule has 0 spiro atoms. The molecule has 3 heterocycles. The summed E-state index contributed by atoms with van der Waals surface area (Å²) in [4.78, 5) is 18.2. The monoisotopic (exact) mass is 442 g/mol. The molecule has 0 saturated carbocycles. The quantitative estimate of drug-likeness (QED) is 0.562. The lowest BCUT2D eigenvalue weighted by molar-refractivity contribution is -0.138. The van der Waals surface area contributed by atoms with Crippen LogP contribution in [0, 0.1) is 0 Å². The number of hydrogen-bond acceptors (Lipinski definition) is 7. The van der Waals surface area contributed by atoms with Crippen molar-refractivity contribution in [3.63, 3.8) is 0 Å². The highest BCUT2D eigenvalue weighted by Gasteiger charge is 2.28. The normalized spacial score (nSPS) is 15.5. The summed E-state index contributed by atoms with van der Waals surface area (Å²) in [6, 6.07) is 12.0. The first-order chi connectivity index (χ1) is 14.5. The molecular formula is C22H26N4O2S2. The van der Waals surface area contributed by atoms with Gasteiger partial charge >= 0.3 is 0 Å². The Balaban J connectivity index is 1.34. The molecule has 6 nitrogen and oxygen atoms in total. The lowest BCUT2D eigenvalue weighted by Crippen LogP contribution is -2.52. The molecule has 1 aliphatic heterocycles. The second-order valence-electron chi connectivity index (χ2n) is 7.63. The van der Waals surface area contributed by atoms with E-state index in [0.29, 0.717) is 19.0 Å². The zero-order chi connectivity index (χ0) is 21.1. The van der Waals surface area contributed by atoms with Gasteiger partial charge in [-0.1, -0.05) is 49.4 Å². The highest BCUT2D eigenvalue weighted by Crippen LogP contribution is 2.32. The van der Waals surface area contributed by atoms with E-state index >= 15 is 0 Å². The zero-order valence-corrected chi connectivity index (χ0v) is 19.1. The summed E-state index contributed by atoms with van der Waals surface area (Å²) in [5.41, 5.74) is 1.12. The van der Waals surface area contributed by atoms with Gasteiger partial charge in [-0.25, -0.2) is 0 Å². The van der Waals surface area contributed by atoms with Crippen LogP contribution in [0.2, 0.25) is 0 Å². The van der Waals surface area contributed by atoms with Crippen molar-refractivity contribution in [2.45, 2.75) is 32.8 Å². The maximum atomic E-state index is 12.9. The van der Waals surface area contributed by atoms with E-state index in [1.54, 1.807) is 22.7 Å². The van der Waals surface area contributed by atoms with Gasteiger partial charge in [0, 0.05) is 26.2 Å². The van der Waals surface area contributed by atoms with Crippen molar-refractivity contribution in [3.05, 3.63) is 47.3 Å². The first kappa shape index (κ1) is 20.8. The number of thiophene rings is 1. The second-order valence-corrected chi connectivity index (χ2v) is 9.54. The fourth-order valence-corrected chi connectivity index (χ4v) is 5.21. The van der Waals surface area contributed by atoms with Crippen molar-refractivity contribution in [2.24, 2.45) is 0 Å². The minimum Gasteiger partial charge on any atom is -0.481 e. The van der Waals surface area contributed by atoms with Crippen molar-refractivity contribution in [1.29, 1.82) is 0 Å². The maximum absolute atomic E-state index is 12.9. The minimum atomic E-state index is -0.511. The van der Waals surface area contributed by atoms with Crippen LogP contribution in [0.5, 0.6) is 5.75 Å². The molecule has 0 bridgehead atoms. The minimum absolute atomic E-state index is 0.0322. The number of piperazine rings is 1. The van der Waals surface area contributed by atoms with E-state index in [0.717, 1.165) is 39.4 Å². The van der Waals surface area contributed by atoms with E-state index in [1.807, 2.05) is 41.5 Å². The van der Waals surface area contributed by atoms with Crippen LogP contribution < -0.4 is 9.64 Å². The summed E-state index contributed by atoms with van der Waals surface area (Å²) < 4.78 is 6.05. The number of rotatable bonds is 6. The number of ether oxygens (including phenoxy) is 1. The molecule has 8 heteroatoms. The summed E-state index contributed by atoms with van der Waals surface area (Å²) in [5.74, 6) is 1.17. The number of hydrogen-bond donors (Lipinski definition) is 0. The Morgan fingerprint density at radius 3 is 2.50 bits per heavy atom. The van der Waals surface area contributed by atoms with Gasteiger partial charge in [0.05, 0.1) is 4.88 Å². The molecule has 1 unspecified atom stereocenters. The molecular weight excluding hydrogens is 416 g/mol. The van der Waals surface area contributed by atoms with E-state index in [4.69, 9.17) is 4.74 Å². The van der Waals surface area contributed by atoms with Crippen LogP contribution in [0.3, 0.4) is 0 Å². The second kappa shape index (κ2) is 9.14. The molecule has 30 heavy (non-hydrogen) atoms. The van der Waals surface area contributed by atoms with Gasteiger partial charge in [0.25, 0.3) is 5.91 Å². The molecule has 1 aliphatic rings. The SMILES string of the molecule is CC(Oc1ccccc1C(C)C)C(=O)N1CCN(c2nnc(-c3cccs3)s2)CC1. The zero-order valence-electron chi connectivity index (χ0n) is 17.4. The number of benzene rings is 1. The van der Waals surface area contributed by atoms with Crippen LogP contribution in [-0.4, -0.2) is 53.3 Å². The summed E-state index contributed by atoms with van der Waals surface area (Å²) in [7, 11) is 0. The molecule has 158 valence electrons. The Morgan fingerprint density at radius 2 is 1.80 bits per heavy atom. The Morgan fingerprint density at radius 1 is 1.03 bits per heavy atom. The predicted octanol–water partition coefficient (Wildman–Crippen LogP) is 4.51. The molecule has 1 aromatic carbocycles. The molecule has 0 radical (unpaired) electrons. The van der Waals surface area contributed by atoms with E-state index in [9.17, 15) is 4.79 Å². The van der Waals surface area contributed by atoms with Gasteiger partial charge in [0.15, 0.2) is 11.1 Å². The predicted molar refractivity (Wildman–Crippen MR) is 123 cm³/mol. The van der Waals surface area contributed by atoms with Crippen molar-refractivity contribution in [2.75, 3.05) is 31.1 Å². The van der Waals surface area contributed by atoms with Crippen LogP contribution in [0.25, 0.3) is 9.88 Å². The number of anilines is 1. The fourth-order valence-electron chi connectivity index (χ4n) is 3.52. The topological polar surface area (TPSA) is 58.6 Å². The number of aromatic nitrogens is 2. The molecule has 0 aliphatic carbocycles. The Hall–Kier alpha value is -2.45. The van der Waals surface area contributed by atoms with Crippen molar-refractivity contribution in [3.8, 4) is 15.6 Å². The van der Waals surface area contributed by atoms with Crippen molar-refractivity contribution >= 4 is 33.7 Å². The lowest BCUT2D eigenvalue weighted by Gasteiger charge is -2.35. The van der Waals surface area contributed by atoms with E-state index in [-0.39, 0.29) is 5.91 Å². The van der Waals surface area contributed by atoms with Crippen LogP contribution in [0.1, 0.15) is 32.3 Å². The first-order valence-corrected chi connectivity index (χ1v) is 11.9. The number of carbonyl (C=O) groups is 1. The molecule has 3 aromatic rings. The van der Waals surface area contributed by atoms with Gasteiger partial charge in [-0.05, 0) is 35.9 Å². The average molecular weight is 443 g/mol. The summed E-state index contributed by atoms with van der Waals surface area (Å²) in [6.45, 7) is 8.92. The molecule has 2 aromatic heterocycles. The summed E-state index contributed by atoms with van der Waals surface area (Å²) >= 11 is 3.27. The third-order valence-corrected chi connectivity index (χ3v) is 7.22. The highest BCUT2D eigenvalue weighted by atomic mass is 32.1. The molecule has 1 fully saturated rings. The largest absolute Gasteiger partial charge is 0.481 e. The maximum Gasteiger partial charge on any atom is 0.263 e. The number of carbonyl (C=O) groups excluding carboxylic acids is 1. The van der Waals surface area contributed by atoms with Crippen molar-refractivity contribution < 1.29 is 9.53 Å². The van der Waals surface area contributed by atoms with E-state index in [1.165, 1.54) is 0 Å². The Labute approximate surface area is 185 Å². The number of para-hydroxylation sites is 1. The van der Waals surface area contributed by atoms with Gasteiger partial charge in [0.1, 0.15) is 5.75 Å². The third-order valence-electron chi connectivity index (χ3n) is 5.20. The van der Waals surface area contributed by atoms with Gasteiger partial charge in [-0.2, -0.15) is 0 Å². The highest BCUT2D eigenvalue weighted by molar-refractivity contribution is 7.22. The van der Waals surface area contributed by atoms with Crippen LogP contribution in [0.4, 0.5) is 5.13 Å². The Kier molecular flexibility index (Phi) is 6.34. The van der Waals surface area contributed by atoms with Gasteiger partial charge < -0.3 is 14.5 Å². The standard InChI is InChI=1S/C22H26N4O2S2/c1-15(2)17-7-4-5-8-18(17)28-16(3)21(27)25-10-12-26(13-11-25)22-24-23-20(30-22)19-9-6-14-29-19/h4-9,14-16H,10-13H2,1-3H3. The fraction of sp³-hybridized carbons (Fsp3) is 0.409. The Bertz CT molecular complexity index is 979. The van der Waals surface area contributed by atoms with E-state index < -0.39 is 6.10 Å². The smallest absolute Gasteiger partial charge is 0.263 e. The summed E-state index contributed by atoms with van der Waals surface area (Å²) in [6.07, 6.45) is -0.511. The van der Waals surface area contributed by atoms with E-state index in [2.05, 4.69) is 41.1 Å². The molecule has 0 N–H and O–H groups in total. The molecule has 1 saturated heterocycles. The van der Waals surface area contributed by atoms with Gasteiger partial charge in [-0.3, -0.25) is 4.79 Å². The number of nitrogens with zero attached hydrogens (tertiary/aromatic N) is 4. The lowest BCUT2D eigenvalue weighted by atomic mass is 10.0. The molecule has 4 rings (SSSR count). The molecule has 1 atom stereocenters. The first-order valence-electron chi connectivity index (χ1n) is 10.2. The van der Waals surface area contributed by atoms with Crippen LogP contribution >= 0.6 is 22.7 Å².